The van der Waals surface area contributed by atoms with Crippen molar-refractivity contribution in [2.45, 2.75) is 19.3 Å². The van der Waals surface area contributed by atoms with Crippen LogP contribution < -0.4 is 15.9 Å². The van der Waals surface area contributed by atoms with E-state index in [0.29, 0.717) is 31.8 Å². The second-order valence-corrected chi connectivity index (χ2v) is 5.84. The molecule has 1 fully saturated rings. The Bertz CT molecular complexity index is 767. The average molecular weight is 329 g/mol. The number of para-hydroxylation sites is 1. The van der Waals surface area contributed by atoms with Crippen LogP contribution in [0.4, 0.5) is 5.69 Å². The molecule has 0 saturated carbocycles. The van der Waals surface area contributed by atoms with E-state index in [2.05, 4.69) is 20.5 Å². The number of hydrogen-bond donors (Lipinski definition) is 3. The van der Waals surface area contributed by atoms with Gasteiger partial charge in [-0.25, -0.2) is 9.89 Å². The van der Waals surface area contributed by atoms with Gasteiger partial charge in [0.1, 0.15) is 5.82 Å². The molecule has 2 amide bonds. The largest absolute Gasteiger partial charge is 0.356 e. The molecule has 1 saturated heterocycles. The van der Waals surface area contributed by atoms with Gasteiger partial charge in [0.2, 0.25) is 11.8 Å². The van der Waals surface area contributed by atoms with E-state index in [1.165, 1.54) is 0 Å². The first-order chi connectivity index (χ1) is 11.6. The molecule has 2 heterocycles. The molecule has 0 aliphatic carbocycles. The third kappa shape index (κ3) is 3.89. The van der Waals surface area contributed by atoms with Crippen molar-refractivity contribution < 1.29 is 9.59 Å². The van der Waals surface area contributed by atoms with Crippen molar-refractivity contribution in [1.29, 1.82) is 0 Å². The number of carbonyl (C=O) groups is 2. The summed E-state index contributed by atoms with van der Waals surface area (Å²) < 4.78 is 0. The highest BCUT2D eigenvalue weighted by Gasteiger charge is 2.30. The lowest BCUT2D eigenvalue weighted by Gasteiger charge is -2.16. The molecular formula is C16H19N5O3. The minimum Gasteiger partial charge on any atom is -0.356 e. The molecule has 1 aromatic carbocycles. The first kappa shape index (κ1) is 16.0. The minimum atomic E-state index is -0.379. The number of nitrogens with zero attached hydrogens (tertiary/aromatic N) is 2. The average Bonchev–Trinajstić information content (AvgIpc) is 3.17. The van der Waals surface area contributed by atoms with Crippen molar-refractivity contribution in [3.8, 4) is 0 Å². The van der Waals surface area contributed by atoms with Crippen molar-refractivity contribution in [3.05, 3.63) is 46.6 Å². The van der Waals surface area contributed by atoms with E-state index in [9.17, 15) is 14.4 Å². The van der Waals surface area contributed by atoms with Gasteiger partial charge in [0.15, 0.2) is 0 Å². The molecule has 1 atom stereocenters. The van der Waals surface area contributed by atoms with Gasteiger partial charge in [-0.2, -0.15) is 5.10 Å². The van der Waals surface area contributed by atoms with E-state index in [-0.39, 0.29) is 29.8 Å². The highest BCUT2D eigenvalue weighted by molar-refractivity contribution is 5.95. The maximum absolute atomic E-state index is 12.1. The first-order valence-electron chi connectivity index (χ1n) is 7.87. The van der Waals surface area contributed by atoms with E-state index < -0.39 is 0 Å². The second-order valence-electron chi connectivity index (χ2n) is 5.84. The van der Waals surface area contributed by atoms with Gasteiger partial charge in [0.05, 0.1) is 0 Å². The smallest absolute Gasteiger partial charge is 0.340 e. The summed E-state index contributed by atoms with van der Waals surface area (Å²) in [5.41, 5.74) is 0.509. The molecule has 1 aliphatic rings. The highest BCUT2D eigenvalue weighted by atomic mass is 16.2. The van der Waals surface area contributed by atoms with Crippen molar-refractivity contribution in [3.63, 3.8) is 0 Å². The molecule has 2 aromatic rings. The van der Waals surface area contributed by atoms with Gasteiger partial charge in [-0.05, 0) is 12.1 Å². The van der Waals surface area contributed by atoms with E-state index in [4.69, 9.17) is 0 Å². The zero-order chi connectivity index (χ0) is 16.9. The van der Waals surface area contributed by atoms with E-state index in [1.54, 1.807) is 4.90 Å². The summed E-state index contributed by atoms with van der Waals surface area (Å²) in [5, 5.41) is 8.86. The van der Waals surface area contributed by atoms with Crippen molar-refractivity contribution in [2.75, 3.05) is 18.0 Å². The summed E-state index contributed by atoms with van der Waals surface area (Å²) in [6.07, 6.45) is 1.04. The Labute approximate surface area is 138 Å². The van der Waals surface area contributed by atoms with E-state index in [1.807, 2.05) is 30.3 Å². The third-order valence-corrected chi connectivity index (χ3v) is 4.00. The normalized spacial score (nSPS) is 17.2. The fourth-order valence-corrected chi connectivity index (χ4v) is 2.78. The van der Waals surface area contributed by atoms with Crippen LogP contribution in [0, 0.1) is 5.92 Å². The van der Waals surface area contributed by atoms with Gasteiger partial charge in [0, 0.05) is 44.0 Å². The number of aromatic nitrogens is 3. The van der Waals surface area contributed by atoms with Gasteiger partial charge < -0.3 is 10.2 Å². The summed E-state index contributed by atoms with van der Waals surface area (Å²) in [4.78, 5) is 39.1. The van der Waals surface area contributed by atoms with Crippen LogP contribution >= 0.6 is 0 Å². The van der Waals surface area contributed by atoms with Crippen LogP contribution in [0.3, 0.4) is 0 Å². The molecule has 24 heavy (non-hydrogen) atoms. The maximum Gasteiger partial charge on any atom is 0.340 e. The molecule has 3 N–H and O–H groups in total. The minimum absolute atomic E-state index is 0.0783. The summed E-state index contributed by atoms with van der Waals surface area (Å²) in [5.74, 6) is 0.521. The molecule has 1 aromatic heterocycles. The lowest BCUT2D eigenvalue weighted by molar-refractivity contribution is -0.121. The van der Waals surface area contributed by atoms with Crippen molar-refractivity contribution in [2.24, 2.45) is 5.92 Å². The quantitative estimate of drug-likeness (QED) is 0.703. The zero-order valence-electron chi connectivity index (χ0n) is 13.1. The van der Waals surface area contributed by atoms with Crippen LogP contribution in [0.15, 0.2) is 35.1 Å². The number of nitrogens with one attached hydrogen (secondary N) is 3. The Balaban J connectivity index is 1.44. The molecule has 1 aliphatic heterocycles. The number of benzene rings is 1. The van der Waals surface area contributed by atoms with Crippen LogP contribution in [-0.4, -0.2) is 40.1 Å². The molecular weight excluding hydrogens is 310 g/mol. The van der Waals surface area contributed by atoms with Gasteiger partial charge in [-0.3, -0.25) is 14.6 Å². The zero-order valence-corrected chi connectivity index (χ0v) is 13.1. The molecule has 0 spiro atoms. The molecule has 0 bridgehead atoms. The lowest BCUT2D eigenvalue weighted by atomic mass is 10.1. The first-order valence-corrected chi connectivity index (χ1v) is 7.87. The number of hydrogen-bond acceptors (Lipinski definition) is 4. The molecule has 8 heteroatoms. The van der Waals surface area contributed by atoms with Gasteiger partial charge in [0.25, 0.3) is 0 Å². The SMILES string of the molecule is O=C(CCc1n[nH]c(=O)[nH]1)NCC1CC(=O)N(c2ccccc2)C1. The molecule has 3 rings (SSSR count). The van der Waals surface area contributed by atoms with Crippen molar-refractivity contribution in [1.82, 2.24) is 20.5 Å². The fourth-order valence-electron chi connectivity index (χ4n) is 2.78. The summed E-state index contributed by atoms with van der Waals surface area (Å²) in [7, 11) is 0. The summed E-state index contributed by atoms with van der Waals surface area (Å²) in [6.45, 7) is 1.07. The Hall–Kier alpha value is -2.90. The number of aromatic amines is 2. The van der Waals surface area contributed by atoms with Gasteiger partial charge >= 0.3 is 5.69 Å². The second kappa shape index (κ2) is 7.12. The molecule has 1 unspecified atom stereocenters. The number of anilines is 1. The highest BCUT2D eigenvalue weighted by Crippen LogP contribution is 2.24. The van der Waals surface area contributed by atoms with Crippen molar-refractivity contribution >= 4 is 17.5 Å². The topological polar surface area (TPSA) is 111 Å². The Morgan fingerprint density at radius 2 is 2.08 bits per heavy atom. The number of amides is 2. The Morgan fingerprint density at radius 3 is 2.79 bits per heavy atom. The maximum atomic E-state index is 12.1. The summed E-state index contributed by atoms with van der Waals surface area (Å²) >= 11 is 0. The van der Waals surface area contributed by atoms with Gasteiger partial charge in [-0.15, -0.1) is 0 Å². The van der Waals surface area contributed by atoms with Crippen LogP contribution in [0.5, 0.6) is 0 Å². The number of rotatable bonds is 6. The third-order valence-electron chi connectivity index (χ3n) is 4.00. The van der Waals surface area contributed by atoms with Gasteiger partial charge in [-0.1, -0.05) is 18.2 Å². The fraction of sp³-hybridized carbons (Fsp3) is 0.375. The predicted molar refractivity (Wildman–Crippen MR) is 87.4 cm³/mol. The molecule has 8 nitrogen and oxygen atoms in total. The van der Waals surface area contributed by atoms with Crippen LogP contribution in [0.1, 0.15) is 18.7 Å². The molecule has 0 radical (unpaired) electrons. The number of aryl methyl sites for hydroxylation is 1. The monoisotopic (exact) mass is 329 g/mol. The van der Waals surface area contributed by atoms with E-state index >= 15 is 0 Å². The number of carbonyl (C=O) groups excluding carboxylic acids is 2. The Kier molecular flexibility index (Phi) is 4.74. The van der Waals surface area contributed by atoms with Crippen LogP contribution in [0.2, 0.25) is 0 Å². The van der Waals surface area contributed by atoms with E-state index in [0.717, 1.165) is 5.69 Å². The predicted octanol–water partition coefficient (Wildman–Crippen LogP) is 0.200. The summed E-state index contributed by atoms with van der Waals surface area (Å²) in [6, 6.07) is 9.52. The lowest BCUT2D eigenvalue weighted by Crippen LogP contribution is -2.31. The van der Waals surface area contributed by atoms with Crippen LogP contribution in [0.25, 0.3) is 0 Å². The van der Waals surface area contributed by atoms with Crippen LogP contribution in [-0.2, 0) is 16.0 Å². The molecule has 126 valence electrons. The Morgan fingerprint density at radius 1 is 1.29 bits per heavy atom. The standard InChI is InChI=1S/C16H19N5O3/c22-14(7-6-13-18-16(24)20-19-13)17-9-11-8-15(23)21(10-11)12-4-2-1-3-5-12/h1-5,11H,6-10H2,(H,17,22)(H2,18,19,20,24). The number of H-pyrrole nitrogens is 2.